The molecule has 0 aliphatic carbocycles. The van der Waals surface area contributed by atoms with E-state index in [-0.39, 0.29) is 40.8 Å². The fourth-order valence-electron chi connectivity index (χ4n) is 3.28. The molecule has 12 heteroatoms. The average molecular weight is 485 g/mol. The zero-order chi connectivity index (χ0) is 24.4. The number of terminal acetylenes is 1. The molecule has 1 aliphatic heterocycles. The second-order valence-electron chi connectivity index (χ2n) is 7.35. The van der Waals surface area contributed by atoms with Crippen molar-refractivity contribution in [3.63, 3.8) is 0 Å². The van der Waals surface area contributed by atoms with Crippen molar-refractivity contribution in [3.8, 4) is 18.2 Å². The summed E-state index contributed by atoms with van der Waals surface area (Å²) in [6.45, 7) is 1.26. The normalized spacial score (nSPS) is 20.4. The van der Waals surface area contributed by atoms with E-state index in [1.165, 1.54) is 31.5 Å². The molecule has 2 atom stereocenters. The smallest absolute Gasteiger partial charge is 0.425 e. The molecule has 7 nitrogen and oxygen atoms in total. The molecule has 0 fully saturated rings. The van der Waals surface area contributed by atoms with Crippen LogP contribution in [0.15, 0.2) is 29.5 Å². The van der Waals surface area contributed by atoms with Gasteiger partial charge in [0, 0.05) is 18.4 Å². The summed E-state index contributed by atoms with van der Waals surface area (Å²) >= 11 is 5.98. The first-order chi connectivity index (χ1) is 15.4. The molecule has 1 aromatic heterocycles. The number of ether oxygens (including phenoxy) is 2. The van der Waals surface area contributed by atoms with Gasteiger partial charge in [-0.25, -0.2) is 19.4 Å². The Kier molecular flexibility index (Phi) is 6.78. The minimum atomic E-state index is -4.75. The van der Waals surface area contributed by atoms with Gasteiger partial charge in [-0.05, 0) is 24.6 Å². The van der Waals surface area contributed by atoms with Crippen LogP contribution in [-0.4, -0.2) is 40.7 Å². The summed E-state index contributed by atoms with van der Waals surface area (Å²) in [4.78, 5) is 24.4. The van der Waals surface area contributed by atoms with Crippen LogP contribution < -0.4 is 10.5 Å². The first-order valence-electron chi connectivity index (χ1n) is 9.41. The van der Waals surface area contributed by atoms with Gasteiger partial charge in [0.15, 0.2) is 18.5 Å². The van der Waals surface area contributed by atoms with Crippen LogP contribution in [0.25, 0.3) is 0 Å². The van der Waals surface area contributed by atoms with E-state index >= 15 is 0 Å². The third-order valence-corrected chi connectivity index (χ3v) is 5.09. The number of carbonyl (C=O) groups excluding carboxylic acids is 1. The van der Waals surface area contributed by atoms with Crippen LogP contribution in [0.2, 0.25) is 5.02 Å². The lowest BCUT2D eigenvalue weighted by Gasteiger charge is -2.36. The van der Waals surface area contributed by atoms with E-state index in [2.05, 4.69) is 25.6 Å². The molecule has 0 bridgehead atoms. The van der Waals surface area contributed by atoms with Gasteiger partial charge >= 0.3 is 6.18 Å². The highest BCUT2D eigenvalue weighted by Crippen LogP contribution is 2.42. The molecule has 0 saturated carbocycles. The van der Waals surface area contributed by atoms with E-state index in [4.69, 9.17) is 28.5 Å². The minimum absolute atomic E-state index is 0.0123. The maximum Gasteiger partial charge on any atom is 0.425 e. The summed E-state index contributed by atoms with van der Waals surface area (Å²) < 4.78 is 64.3. The number of nitrogens with zero attached hydrogens (tertiary/aromatic N) is 3. The fraction of sp³-hybridized carbons (Fsp3) is 0.333. The predicted octanol–water partition coefficient (Wildman–Crippen LogP) is 3.59. The Balaban J connectivity index is 1.89. The number of aromatic nitrogens is 2. The van der Waals surface area contributed by atoms with E-state index < -0.39 is 41.9 Å². The molecule has 174 valence electrons. The first kappa shape index (κ1) is 24.3. The lowest BCUT2D eigenvalue weighted by Crippen LogP contribution is -2.46. The van der Waals surface area contributed by atoms with Crippen molar-refractivity contribution in [2.45, 2.75) is 37.6 Å². The number of aliphatic imine (C=N–C) groups is 1. The van der Waals surface area contributed by atoms with Gasteiger partial charge in [0.05, 0.1) is 23.0 Å². The average Bonchev–Trinajstić information content (AvgIpc) is 2.73. The van der Waals surface area contributed by atoms with Crippen molar-refractivity contribution in [1.29, 1.82) is 0 Å². The highest BCUT2D eigenvalue weighted by atomic mass is 35.5. The maximum absolute atomic E-state index is 14.9. The number of benzene rings is 1. The SMILES string of the molecule is C#CCOc1cnc(C(=O)Cc2cc(Cl)c(F)c([C@]3(C)C[C@@H](C(F)(F)F)OC(N)=N3)c2)cn1. The second-order valence-corrected chi connectivity index (χ2v) is 7.76. The molecule has 2 aromatic rings. The summed E-state index contributed by atoms with van der Waals surface area (Å²) in [7, 11) is 0. The Morgan fingerprint density at radius 2 is 2.12 bits per heavy atom. The number of halogens is 5. The molecule has 0 radical (unpaired) electrons. The second kappa shape index (κ2) is 9.23. The van der Waals surface area contributed by atoms with E-state index in [0.29, 0.717) is 0 Å². The van der Waals surface area contributed by atoms with Gasteiger partial charge in [0.2, 0.25) is 5.88 Å². The lowest BCUT2D eigenvalue weighted by molar-refractivity contribution is -0.208. The quantitative estimate of drug-likeness (QED) is 0.382. The summed E-state index contributed by atoms with van der Waals surface area (Å²) in [5, 5.41) is -0.385. The summed E-state index contributed by atoms with van der Waals surface area (Å²) in [6.07, 6.45) is -0.560. The molecule has 33 heavy (non-hydrogen) atoms. The van der Waals surface area contributed by atoms with Crippen LogP contribution in [0, 0.1) is 18.2 Å². The van der Waals surface area contributed by atoms with Crippen molar-refractivity contribution >= 4 is 23.4 Å². The number of carbonyl (C=O) groups is 1. The van der Waals surface area contributed by atoms with E-state index in [1.807, 2.05) is 0 Å². The minimum Gasteiger partial charge on any atom is -0.463 e. The Morgan fingerprint density at radius 3 is 2.73 bits per heavy atom. The van der Waals surface area contributed by atoms with E-state index in [1.54, 1.807) is 0 Å². The number of ketones is 1. The number of nitrogens with two attached hydrogens (primary N) is 1. The van der Waals surface area contributed by atoms with Gasteiger partial charge in [0.25, 0.3) is 6.02 Å². The van der Waals surface area contributed by atoms with Gasteiger partial charge in [-0.15, -0.1) is 6.42 Å². The molecule has 2 heterocycles. The Morgan fingerprint density at radius 1 is 1.39 bits per heavy atom. The van der Waals surface area contributed by atoms with Crippen LogP contribution in [-0.2, 0) is 16.7 Å². The molecule has 0 spiro atoms. The number of hydrogen-bond donors (Lipinski definition) is 1. The third kappa shape index (κ3) is 5.51. The Labute approximate surface area is 191 Å². The monoisotopic (exact) mass is 484 g/mol. The molecule has 3 rings (SSSR count). The topological polar surface area (TPSA) is 99.7 Å². The molecule has 0 unspecified atom stereocenters. The molecule has 2 N–H and O–H groups in total. The molecule has 0 saturated heterocycles. The standard InChI is InChI=1S/C21H17ClF4N4O3/c1-3-4-32-17-10-28-14(9-29-17)15(31)7-11-5-12(18(23)13(22)6-11)20(2)8-16(21(24,25)26)33-19(27)30-20/h1,5-6,9-10,16H,4,7-8H2,2H3,(H2,27,30)/t16-,20-/m0/s1. The van der Waals surface area contributed by atoms with Gasteiger partial charge in [-0.1, -0.05) is 17.5 Å². The van der Waals surface area contributed by atoms with Crippen LogP contribution in [0.5, 0.6) is 5.88 Å². The zero-order valence-electron chi connectivity index (χ0n) is 17.1. The zero-order valence-corrected chi connectivity index (χ0v) is 17.9. The van der Waals surface area contributed by atoms with Crippen molar-refractivity contribution in [2.75, 3.05) is 6.61 Å². The van der Waals surface area contributed by atoms with Crippen molar-refractivity contribution < 1.29 is 31.8 Å². The number of amidine groups is 1. The van der Waals surface area contributed by atoms with Gasteiger partial charge in [0.1, 0.15) is 11.5 Å². The van der Waals surface area contributed by atoms with Gasteiger partial charge in [-0.3, -0.25) is 4.79 Å². The highest BCUT2D eigenvalue weighted by Gasteiger charge is 2.50. The predicted molar refractivity (Wildman–Crippen MR) is 110 cm³/mol. The third-order valence-electron chi connectivity index (χ3n) is 4.82. The van der Waals surface area contributed by atoms with Crippen LogP contribution in [0.3, 0.4) is 0 Å². The van der Waals surface area contributed by atoms with E-state index in [9.17, 15) is 22.4 Å². The Bertz CT molecular complexity index is 1130. The van der Waals surface area contributed by atoms with E-state index in [0.717, 1.165) is 0 Å². The van der Waals surface area contributed by atoms with Gasteiger partial charge in [-0.2, -0.15) is 13.2 Å². The van der Waals surface area contributed by atoms with Gasteiger partial charge < -0.3 is 15.2 Å². The summed E-state index contributed by atoms with van der Waals surface area (Å²) in [5.74, 6) is 0.921. The number of rotatable bonds is 6. The first-order valence-corrected chi connectivity index (χ1v) is 9.79. The van der Waals surface area contributed by atoms with Crippen molar-refractivity contribution in [3.05, 3.63) is 52.2 Å². The number of Topliss-reactive ketones (excluding diaryl/α,β-unsaturated/α-hetero) is 1. The number of alkyl halides is 3. The van der Waals surface area contributed by atoms with Crippen LogP contribution >= 0.6 is 11.6 Å². The molecular weight excluding hydrogens is 468 g/mol. The summed E-state index contributed by atoms with van der Waals surface area (Å²) in [5.41, 5.74) is 3.69. The molecule has 0 amide bonds. The fourth-order valence-corrected chi connectivity index (χ4v) is 3.52. The summed E-state index contributed by atoms with van der Waals surface area (Å²) in [6, 6.07) is 1.70. The van der Waals surface area contributed by atoms with Crippen LogP contribution in [0.4, 0.5) is 17.6 Å². The van der Waals surface area contributed by atoms with Crippen molar-refractivity contribution in [1.82, 2.24) is 9.97 Å². The van der Waals surface area contributed by atoms with Crippen molar-refractivity contribution in [2.24, 2.45) is 10.7 Å². The molecule has 1 aromatic carbocycles. The lowest BCUT2D eigenvalue weighted by atomic mass is 9.84. The maximum atomic E-state index is 14.9. The Hall–Kier alpha value is -3.39. The number of hydrogen-bond acceptors (Lipinski definition) is 7. The van der Waals surface area contributed by atoms with Crippen LogP contribution in [0.1, 0.15) is 35.0 Å². The highest BCUT2D eigenvalue weighted by molar-refractivity contribution is 6.30. The molecular formula is C21H17ClF4N4O3. The largest absolute Gasteiger partial charge is 0.463 e. The molecule has 1 aliphatic rings.